The molecule has 4 N–H and O–H groups in total. The summed E-state index contributed by atoms with van der Waals surface area (Å²) in [5.74, 6) is -3.77. The van der Waals surface area contributed by atoms with Crippen LogP contribution in [0.5, 0.6) is 0 Å². The van der Waals surface area contributed by atoms with Gasteiger partial charge in [-0.05, 0) is 42.8 Å². The van der Waals surface area contributed by atoms with Gasteiger partial charge in [0.1, 0.15) is 5.69 Å². The molecule has 0 spiro atoms. The second-order valence-corrected chi connectivity index (χ2v) is 7.22. The average molecular weight is 428 g/mol. The molecule has 0 aliphatic carbocycles. The van der Waals surface area contributed by atoms with Crippen molar-refractivity contribution in [3.8, 4) is 0 Å². The van der Waals surface area contributed by atoms with Crippen LogP contribution in [0, 0.1) is 11.4 Å². The van der Waals surface area contributed by atoms with Crippen LogP contribution in [-0.2, 0) is 12.3 Å². The maximum atomic E-state index is 14.5. The van der Waals surface area contributed by atoms with Crippen LogP contribution >= 0.6 is 11.6 Å². The van der Waals surface area contributed by atoms with Crippen LogP contribution in [-0.4, -0.2) is 26.8 Å². The van der Waals surface area contributed by atoms with E-state index in [1.807, 2.05) is 0 Å². The SMILES string of the molecule is CC(O)(O)c1ccc(C(=N)c2ccccc2C(=O)NCc2ccc(Cl)cc2)c(F)n1. The molecular formula is C22H19ClFN3O3. The first-order chi connectivity index (χ1) is 14.2. The van der Waals surface area contributed by atoms with Gasteiger partial charge in [0.05, 0.1) is 11.3 Å². The lowest BCUT2D eigenvalue weighted by Crippen LogP contribution is -2.25. The lowest BCUT2D eigenvalue weighted by atomic mass is 9.97. The molecule has 154 valence electrons. The third-order valence-electron chi connectivity index (χ3n) is 4.41. The lowest BCUT2D eigenvalue weighted by molar-refractivity contribution is -0.156. The van der Waals surface area contributed by atoms with Gasteiger partial charge in [0.25, 0.3) is 5.91 Å². The number of carbonyl (C=O) groups is 1. The molecule has 1 aromatic heterocycles. The van der Waals surface area contributed by atoms with Crippen LogP contribution in [0.15, 0.2) is 60.7 Å². The molecule has 0 saturated carbocycles. The van der Waals surface area contributed by atoms with E-state index in [9.17, 15) is 19.4 Å². The van der Waals surface area contributed by atoms with Crippen LogP contribution in [0.3, 0.4) is 0 Å². The second-order valence-electron chi connectivity index (χ2n) is 6.79. The molecule has 0 aliphatic rings. The van der Waals surface area contributed by atoms with Gasteiger partial charge >= 0.3 is 0 Å². The molecular weight excluding hydrogens is 409 g/mol. The molecule has 8 heteroatoms. The zero-order valence-corrected chi connectivity index (χ0v) is 16.7. The standard InChI is InChI=1S/C22H19ClFN3O3/c1-22(29,30)18-11-10-17(20(24)27-18)19(25)15-4-2-3-5-16(15)21(28)26-12-13-6-8-14(23)9-7-13/h2-11,25,29-30H,12H2,1H3,(H,26,28). The van der Waals surface area contributed by atoms with Gasteiger partial charge in [-0.25, -0.2) is 4.98 Å². The van der Waals surface area contributed by atoms with Crippen molar-refractivity contribution in [3.05, 3.63) is 99.6 Å². The van der Waals surface area contributed by atoms with E-state index in [0.717, 1.165) is 12.5 Å². The highest BCUT2D eigenvalue weighted by Crippen LogP contribution is 2.20. The Balaban J connectivity index is 1.84. The van der Waals surface area contributed by atoms with Crippen molar-refractivity contribution in [1.82, 2.24) is 10.3 Å². The number of hydrogen-bond donors (Lipinski definition) is 4. The number of rotatable bonds is 6. The zero-order valence-electron chi connectivity index (χ0n) is 16.0. The number of aliphatic hydroxyl groups is 2. The Morgan fingerprint density at radius 2 is 1.70 bits per heavy atom. The van der Waals surface area contributed by atoms with Crippen molar-refractivity contribution in [2.24, 2.45) is 0 Å². The van der Waals surface area contributed by atoms with Gasteiger partial charge in [-0.15, -0.1) is 0 Å². The Bertz CT molecular complexity index is 1100. The fraction of sp³-hybridized carbons (Fsp3) is 0.136. The van der Waals surface area contributed by atoms with E-state index in [1.165, 1.54) is 18.2 Å². The molecule has 1 amide bonds. The quantitative estimate of drug-likeness (QED) is 0.275. The van der Waals surface area contributed by atoms with Crippen molar-refractivity contribution >= 4 is 23.2 Å². The Kier molecular flexibility index (Phi) is 6.26. The highest BCUT2D eigenvalue weighted by Gasteiger charge is 2.24. The molecule has 0 aliphatic heterocycles. The maximum Gasteiger partial charge on any atom is 0.252 e. The Morgan fingerprint density at radius 1 is 1.07 bits per heavy atom. The summed E-state index contributed by atoms with van der Waals surface area (Å²) in [6.07, 6.45) is 0. The molecule has 3 aromatic rings. The first kappa shape index (κ1) is 21.6. The van der Waals surface area contributed by atoms with Crippen LogP contribution in [0.4, 0.5) is 4.39 Å². The van der Waals surface area contributed by atoms with Crippen LogP contribution in [0.25, 0.3) is 0 Å². The first-order valence-corrected chi connectivity index (χ1v) is 9.37. The first-order valence-electron chi connectivity index (χ1n) is 8.99. The zero-order chi connectivity index (χ0) is 21.9. The maximum absolute atomic E-state index is 14.5. The average Bonchev–Trinajstić information content (AvgIpc) is 2.72. The predicted molar refractivity (Wildman–Crippen MR) is 111 cm³/mol. The number of nitrogens with one attached hydrogen (secondary N) is 2. The molecule has 0 radical (unpaired) electrons. The monoisotopic (exact) mass is 427 g/mol. The van der Waals surface area contributed by atoms with Crippen molar-refractivity contribution < 1.29 is 19.4 Å². The highest BCUT2D eigenvalue weighted by atomic mass is 35.5. The number of amides is 1. The normalized spacial score (nSPS) is 11.2. The Labute approximate surface area is 177 Å². The summed E-state index contributed by atoms with van der Waals surface area (Å²) in [6, 6.07) is 15.8. The second kappa shape index (κ2) is 8.71. The minimum absolute atomic E-state index is 0.166. The van der Waals surface area contributed by atoms with Crippen LogP contribution in [0.2, 0.25) is 5.02 Å². The summed E-state index contributed by atoms with van der Waals surface area (Å²) in [5, 5.41) is 30.9. The summed E-state index contributed by atoms with van der Waals surface area (Å²) in [5.41, 5.74) is 0.569. The van der Waals surface area contributed by atoms with Crippen LogP contribution < -0.4 is 5.32 Å². The molecule has 1 heterocycles. The molecule has 0 atom stereocenters. The number of pyridine rings is 1. The van der Waals surface area contributed by atoms with Gasteiger partial charge in [0.15, 0.2) is 0 Å². The van der Waals surface area contributed by atoms with Gasteiger partial charge in [0, 0.05) is 22.7 Å². The van der Waals surface area contributed by atoms with Gasteiger partial charge in [-0.3, -0.25) is 10.2 Å². The summed E-state index contributed by atoms with van der Waals surface area (Å²) in [7, 11) is 0. The highest BCUT2D eigenvalue weighted by molar-refractivity contribution is 6.30. The van der Waals surface area contributed by atoms with Gasteiger partial charge in [-0.2, -0.15) is 4.39 Å². The minimum atomic E-state index is -2.30. The molecule has 0 saturated heterocycles. The molecule has 6 nitrogen and oxygen atoms in total. The summed E-state index contributed by atoms with van der Waals surface area (Å²) in [6.45, 7) is 1.31. The van der Waals surface area contributed by atoms with Crippen LogP contribution in [0.1, 0.15) is 39.7 Å². The smallest absolute Gasteiger partial charge is 0.252 e. The van der Waals surface area contributed by atoms with Crippen molar-refractivity contribution in [2.75, 3.05) is 0 Å². The Morgan fingerprint density at radius 3 is 2.30 bits per heavy atom. The van der Waals surface area contributed by atoms with E-state index >= 15 is 0 Å². The summed E-state index contributed by atoms with van der Waals surface area (Å²) >= 11 is 5.86. The lowest BCUT2D eigenvalue weighted by Gasteiger charge is -2.16. The summed E-state index contributed by atoms with van der Waals surface area (Å²) < 4.78 is 14.5. The number of hydrogen-bond acceptors (Lipinski definition) is 5. The molecule has 3 rings (SSSR count). The van der Waals surface area contributed by atoms with Crippen molar-refractivity contribution in [1.29, 1.82) is 5.41 Å². The number of carbonyl (C=O) groups excluding carboxylic acids is 1. The predicted octanol–water partition coefficient (Wildman–Crippen LogP) is 3.38. The third kappa shape index (κ3) is 4.88. The Hall–Kier alpha value is -3.13. The van der Waals surface area contributed by atoms with Gasteiger partial charge in [-0.1, -0.05) is 41.9 Å². The number of benzene rings is 2. The van der Waals surface area contributed by atoms with E-state index in [0.29, 0.717) is 5.02 Å². The van der Waals surface area contributed by atoms with Crippen molar-refractivity contribution in [2.45, 2.75) is 19.3 Å². The third-order valence-corrected chi connectivity index (χ3v) is 4.66. The molecule has 2 aromatic carbocycles. The van der Waals surface area contributed by atoms with E-state index in [1.54, 1.807) is 42.5 Å². The fourth-order valence-corrected chi connectivity index (χ4v) is 2.93. The van der Waals surface area contributed by atoms with E-state index in [4.69, 9.17) is 17.0 Å². The molecule has 0 unspecified atom stereocenters. The van der Waals surface area contributed by atoms with Crippen molar-refractivity contribution in [3.63, 3.8) is 0 Å². The van der Waals surface area contributed by atoms with E-state index in [-0.39, 0.29) is 34.6 Å². The number of nitrogens with zero attached hydrogens (tertiary/aromatic N) is 1. The molecule has 0 fully saturated rings. The largest absolute Gasteiger partial charge is 0.361 e. The fourth-order valence-electron chi connectivity index (χ4n) is 2.81. The molecule has 30 heavy (non-hydrogen) atoms. The number of aromatic nitrogens is 1. The topological polar surface area (TPSA) is 106 Å². The van der Waals surface area contributed by atoms with Gasteiger partial charge < -0.3 is 15.5 Å². The van der Waals surface area contributed by atoms with E-state index in [2.05, 4.69) is 10.3 Å². The number of halogens is 2. The summed E-state index contributed by atoms with van der Waals surface area (Å²) in [4.78, 5) is 16.2. The van der Waals surface area contributed by atoms with Gasteiger partial charge in [0.2, 0.25) is 11.7 Å². The minimum Gasteiger partial charge on any atom is -0.361 e. The van der Waals surface area contributed by atoms with E-state index < -0.39 is 17.6 Å². The molecule has 0 bridgehead atoms.